The Morgan fingerprint density at radius 2 is 1.72 bits per heavy atom. The van der Waals surface area contributed by atoms with Crippen molar-refractivity contribution in [3.05, 3.63) is 54.4 Å². The number of benzene rings is 1. The number of para-hydroxylation sites is 1. The first-order valence-corrected chi connectivity index (χ1v) is 10.9. The maximum Gasteiger partial charge on any atom is 0.323 e. The average Bonchev–Trinajstić information content (AvgIpc) is 3.28. The van der Waals surface area contributed by atoms with Gasteiger partial charge in [0.05, 0.1) is 17.3 Å². The number of anilines is 2. The van der Waals surface area contributed by atoms with Crippen LogP contribution in [-0.2, 0) is 5.41 Å². The van der Waals surface area contributed by atoms with Gasteiger partial charge in [0.2, 0.25) is 0 Å². The molecule has 0 radical (unpaired) electrons. The molecule has 0 aliphatic heterocycles. The second kappa shape index (κ2) is 9.13. The van der Waals surface area contributed by atoms with E-state index in [-0.39, 0.29) is 11.4 Å². The molecule has 1 heterocycles. The summed E-state index contributed by atoms with van der Waals surface area (Å²) in [7, 11) is 0. The topological polar surface area (TPSA) is 54.0 Å². The number of rotatable bonds is 3. The van der Waals surface area contributed by atoms with Crippen molar-refractivity contribution in [2.24, 2.45) is 5.92 Å². The summed E-state index contributed by atoms with van der Waals surface area (Å²) in [6, 6.07) is 11.3. The highest BCUT2D eigenvalue weighted by atomic mass is 16.2. The average molecular weight is 388 g/mol. The molecule has 4 nitrogen and oxygen atoms in total. The van der Waals surface area contributed by atoms with E-state index in [0.717, 1.165) is 29.8 Å². The van der Waals surface area contributed by atoms with Crippen LogP contribution in [0.15, 0.2) is 48.8 Å². The summed E-state index contributed by atoms with van der Waals surface area (Å²) in [5.74, 6) is 7.86. The van der Waals surface area contributed by atoms with Gasteiger partial charge in [-0.1, -0.05) is 62.1 Å². The van der Waals surface area contributed by atoms with Crippen molar-refractivity contribution < 1.29 is 4.79 Å². The molecule has 1 aromatic heterocycles. The molecule has 2 N–H and O–H groups in total. The third kappa shape index (κ3) is 4.79. The Balaban J connectivity index is 1.59. The Morgan fingerprint density at radius 1 is 0.966 bits per heavy atom. The van der Waals surface area contributed by atoms with E-state index in [2.05, 4.69) is 27.5 Å². The van der Waals surface area contributed by atoms with Gasteiger partial charge in [-0.15, -0.1) is 0 Å². The zero-order valence-corrected chi connectivity index (χ0v) is 16.9. The number of aromatic nitrogens is 1. The molecule has 2 amide bonds. The van der Waals surface area contributed by atoms with E-state index in [4.69, 9.17) is 0 Å². The molecule has 0 unspecified atom stereocenters. The third-order valence-electron chi connectivity index (χ3n) is 6.19. The van der Waals surface area contributed by atoms with Crippen LogP contribution < -0.4 is 10.6 Å². The fourth-order valence-corrected chi connectivity index (χ4v) is 4.64. The van der Waals surface area contributed by atoms with E-state index in [1.54, 1.807) is 6.20 Å². The number of nitrogens with zero attached hydrogens (tertiary/aromatic N) is 1. The lowest BCUT2D eigenvalue weighted by molar-refractivity contribution is 0.262. The van der Waals surface area contributed by atoms with Crippen LogP contribution >= 0.6 is 0 Å². The zero-order valence-electron chi connectivity index (χ0n) is 16.9. The van der Waals surface area contributed by atoms with Gasteiger partial charge < -0.3 is 10.6 Å². The number of carbonyl (C=O) groups excluding carboxylic acids is 1. The fourth-order valence-electron chi connectivity index (χ4n) is 4.64. The van der Waals surface area contributed by atoms with Crippen molar-refractivity contribution >= 4 is 17.4 Å². The first kappa shape index (κ1) is 19.5. The Hall–Kier alpha value is -2.80. The Labute approximate surface area is 173 Å². The molecule has 0 atom stereocenters. The van der Waals surface area contributed by atoms with E-state index in [0.29, 0.717) is 5.92 Å². The van der Waals surface area contributed by atoms with E-state index < -0.39 is 0 Å². The van der Waals surface area contributed by atoms with Gasteiger partial charge in [-0.2, -0.15) is 0 Å². The van der Waals surface area contributed by atoms with Crippen molar-refractivity contribution in [2.75, 3.05) is 10.6 Å². The summed E-state index contributed by atoms with van der Waals surface area (Å²) in [4.78, 5) is 16.9. The van der Waals surface area contributed by atoms with Gasteiger partial charge in [0.15, 0.2) is 0 Å². The molecule has 2 fully saturated rings. The van der Waals surface area contributed by atoms with Crippen LogP contribution in [0.4, 0.5) is 16.2 Å². The van der Waals surface area contributed by atoms with E-state index in [1.807, 2.05) is 42.6 Å². The van der Waals surface area contributed by atoms with Gasteiger partial charge >= 0.3 is 6.03 Å². The molecule has 150 valence electrons. The SMILES string of the molecule is O=C(Nc1ccccc1)Nc1cnccc1C1(C#CC2CCCC2)CCCCC1. The van der Waals surface area contributed by atoms with Crippen LogP contribution in [0.3, 0.4) is 0 Å². The van der Waals surface area contributed by atoms with Gasteiger partial charge in [-0.25, -0.2) is 4.79 Å². The Morgan fingerprint density at radius 3 is 2.48 bits per heavy atom. The van der Waals surface area contributed by atoms with Gasteiger partial charge in [-0.3, -0.25) is 4.98 Å². The molecule has 2 saturated carbocycles. The van der Waals surface area contributed by atoms with Crippen molar-refractivity contribution in [3.8, 4) is 11.8 Å². The standard InChI is InChI=1S/C25H29N3O/c29-24(27-21-11-3-1-4-12-21)28-23-19-26-18-14-22(23)25(15-7-2-8-16-25)17-13-20-9-5-6-10-20/h1,3-4,11-12,14,18-20H,2,5-10,15-16H2,(H2,27,28,29). The van der Waals surface area contributed by atoms with Crippen molar-refractivity contribution in [3.63, 3.8) is 0 Å². The molecule has 29 heavy (non-hydrogen) atoms. The molecular formula is C25H29N3O. The molecule has 2 aromatic rings. The van der Waals surface area contributed by atoms with Crippen LogP contribution in [0.1, 0.15) is 63.4 Å². The number of urea groups is 1. The van der Waals surface area contributed by atoms with Gasteiger partial charge in [-0.05, 0) is 49.4 Å². The van der Waals surface area contributed by atoms with Crippen LogP contribution in [-0.4, -0.2) is 11.0 Å². The van der Waals surface area contributed by atoms with Crippen LogP contribution in [0, 0.1) is 17.8 Å². The molecule has 4 heteroatoms. The minimum atomic E-state index is -0.250. The maximum absolute atomic E-state index is 12.6. The highest BCUT2D eigenvalue weighted by molar-refractivity contribution is 6.00. The molecule has 0 saturated heterocycles. The molecule has 2 aliphatic carbocycles. The third-order valence-corrected chi connectivity index (χ3v) is 6.19. The van der Waals surface area contributed by atoms with Gasteiger partial charge in [0.1, 0.15) is 0 Å². The molecule has 0 spiro atoms. The summed E-state index contributed by atoms with van der Waals surface area (Å²) in [6.45, 7) is 0. The lowest BCUT2D eigenvalue weighted by atomic mass is 9.69. The van der Waals surface area contributed by atoms with Gasteiger partial charge in [0, 0.05) is 17.8 Å². The largest absolute Gasteiger partial charge is 0.323 e. The van der Waals surface area contributed by atoms with Gasteiger partial charge in [0.25, 0.3) is 0 Å². The van der Waals surface area contributed by atoms with E-state index >= 15 is 0 Å². The number of pyridine rings is 1. The minimum absolute atomic E-state index is 0.181. The quantitative estimate of drug-likeness (QED) is 0.623. The summed E-state index contributed by atoms with van der Waals surface area (Å²) in [5.41, 5.74) is 2.47. The fraction of sp³-hybridized carbons (Fsp3) is 0.440. The highest BCUT2D eigenvalue weighted by Crippen LogP contribution is 2.42. The van der Waals surface area contributed by atoms with Crippen molar-refractivity contribution in [1.29, 1.82) is 0 Å². The molecule has 0 bridgehead atoms. The Kier molecular flexibility index (Phi) is 6.14. The lowest BCUT2D eigenvalue weighted by Gasteiger charge is -2.34. The van der Waals surface area contributed by atoms with Crippen molar-refractivity contribution in [1.82, 2.24) is 4.98 Å². The molecule has 4 rings (SSSR count). The van der Waals surface area contributed by atoms with Crippen molar-refractivity contribution in [2.45, 2.75) is 63.2 Å². The molecule has 2 aliphatic rings. The smallest absolute Gasteiger partial charge is 0.308 e. The predicted molar refractivity (Wildman–Crippen MR) is 118 cm³/mol. The first-order chi connectivity index (χ1) is 14.3. The first-order valence-electron chi connectivity index (χ1n) is 10.9. The second-order valence-corrected chi connectivity index (χ2v) is 8.26. The number of nitrogens with one attached hydrogen (secondary N) is 2. The molecule has 1 aromatic carbocycles. The lowest BCUT2D eigenvalue weighted by Crippen LogP contribution is -2.30. The second-order valence-electron chi connectivity index (χ2n) is 8.26. The number of amides is 2. The monoisotopic (exact) mass is 387 g/mol. The maximum atomic E-state index is 12.6. The normalized spacial score (nSPS) is 18.5. The summed E-state index contributed by atoms with van der Waals surface area (Å²) in [6.07, 6.45) is 14.3. The van der Waals surface area contributed by atoms with E-state index in [9.17, 15) is 4.79 Å². The number of hydrogen-bond acceptors (Lipinski definition) is 2. The van der Waals surface area contributed by atoms with E-state index in [1.165, 1.54) is 44.9 Å². The highest BCUT2D eigenvalue weighted by Gasteiger charge is 2.35. The number of hydrogen-bond donors (Lipinski definition) is 2. The van der Waals surface area contributed by atoms with Crippen LogP contribution in [0.2, 0.25) is 0 Å². The Bertz CT molecular complexity index is 885. The predicted octanol–water partition coefficient (Wildman–Crippen LogP) is 6.12. The van der Waals surface area contributed by atoms with Crippen LogP contribution in [0.5, 0.6) is 0 Å². The summed E-state index contributed by atoms with van der Waals surface area (Å²) in [5, 5.41) is 5.92. The zero-order chi connectivity index (χ0) is 19.9. The van der Waals surface area contributed by atoms with Crippen LogP contribution in [0.25, 0.3) is 0 Å². The molecular weight excluding hydrogens is 358 g/mol. The summed E-state index contributed by atoms with van der Waals surface area (Å²) >= 11 is 0. The number of carbonyl (C=O) groups is 1. The minimum Gasteiger partial charge on any atom is -0.308 e. The summed E-state index contributed by atoms with van der Waals surface area (Å²) < 4.78 is 0.